The van der Waals surface area contributed by atoms with E-state index in [0.717, 1.165) is 12.8 Å². The van der Waals surface area contributed by atoms with Crippen LogP contribution in [0.15, 0.2) is 22.7 Å². The zero-order valence-corrected chi connectivity index (χ0v) is 12.8. The van der Waals surface area contributed by atoms with Gasteiger partial charge >= 0.3 is 0 Å². The number of hydrogen-bond donors (Lipinski definition) is 1. The van der Waals surface area contributed by atoms with E-state index >= 15 is 0 Å². The number of rotatable bonds is 6. The van der Waals surface area contributed by atoms with E-state index in [9.17, 15) is 4.79 Å². The molecule has 0 radical (unpaired) electrons. The standard InChI is InChI=1S/C13H17BrClNO2/c1-3-4-10(8-18-2)16-13(17)11-6-5-9(15)7-12(11)14/h5-7,10H,3-4,8H2,1-2H3,(H,16,17). The van der Waals surface area contributed by atoms with E-state index in [1.807, 2.05) is 0 Å². The summed E-state index contributed by atoms with van der Waals surface area (Å²) in [6.45, 7) is 2.60. The average molecular weight is 335 g/mol. The lowest BCUT2D eigenvalue weighted by Crippen LogP contribution is -2.38. The molecule has 5 heteroatoms. The minimum atomic E-state index is -0.117. The zero-order chi connectivity index (χ0) is 13.5. The predicted molar refractivity (Wildman–Crippen MR) is 77.2 cm³/mol. The molecule has 1 atom stereocenters. The predicted octanol–water partition coefficient (Wildman–Crippen LogP) is 3.65. The van der Waals surface area contributed by atoms with E-state index in [1.54, 1.807) is 25.3 Å². The maximum atomic E-state index is 12.1. The first-order valence-corrected chi connectivity index (χ1v) is 7.00. The molecule has 1 amide bonds. The summed E-state index contributed by atoms with van der Waals surface area (Å²) in [5.74, 6) is -0.117. The quantitative estimate of drug-likeness (QED) is 0.862. The van der Waals surface area contributed by atoms with Crippen LogP contribution in [0.1, 0.15) is 30.1 Å². The second-order valence-corrected chi connectivity index (χ2v) is 5.33. The van der Waals surface area contributed by atoms with Crippen molar-refractivity contribution in [2.24, 2.45) is 0 Å². The molecule has 1 aromatic rings. The first-order chi connectivity index (χ1) is 8.58. The minimum Gasteiger partial charge on any atom is -0.383 e. The van der Waals surface area contributed by atoms with Crippen molar-refractivity contribution in [3.05, 3.63) is 33.3 Å². The molecule has 0 fully saturated rings. The molecule has 18 heavy (non-hydrogen) atoms. The van der Waals surface area contributed by atoms with Gasteiger partial charge in [-0.2, -0.15) is 0 Å². The lowest BCUT2D eigenvalue weighted by Gasteiger charge is -2.17. The highest BCUT2D eigenvalue weighted by Crippen LogP contribution is 2.21. The van der Waals surface area contributed by atoms with Crippen molar-refractivity contribution in [3.8, 4) is 0 Å². The maximum absolute atomic E-state index is 12.1. The van der Waals surface area contributed by atoms with Crippen LogP contribution in [0.25, 0.3) is 0 Å². The molecule has 0 saturated heterocycles. The molecule has 1 rings (SSSR count). The van der Waals surface area contributed by atoms with Crippen LogP contribution in [0.5, 0.6) is 0 Å². The molecule has 0 aromatic heterocycles. The molecule has 0 aliphatic carbocycles. The number of carbonyl (C=O) groups is 1. The third kappa shape index (κ3) is 4.59. The van der Waals surface area contributed by atoms with Crippen LogP contribution in [0.2, 0.25) is 5.02 Å². The molecule has 0 bridgehead atoms. The van der Waals surface area contributed by atoms with Gasteiger partial charge in [0.15, 0.2) is 0 Å². The number of amides is 1. The lowest BCUT2D eigenvalue weighted by atomic mass is 10.1. The van der Waals surface area contributed by atoms with Gasteiger partial charge in [0, 0.05) is 16.6 Å². The van der Waals surface area contributed by atoms with Crippen molar-refractivity contribution in [1.29, 1.82) is 0 Å². The summed E-state index contributed by atoms with van der Waals surface area (Å²) < 4.78 is 5.79. The largest absolute Gasteiger partial charge is 0.383 e. The van der Waals surface area contributed by atoms with Gasteiger partial charge in [0.2, 0.25) is 0 Å². The second-order valence-electron chi connectivity index (χ2n) is 4.04. The Morgan fingerprint density at radius 2 is 2.28 bits per heavy atom. The summed E-state index contributed by atoms with van der Waals surface area (Å²) in [6.07, 6.45) is 1.89. The number of ether oxygens (including phenoxy) is 1. The van der Waals surface area contributed by atoms with Crippen LogP contribution in [-0.4, -0.2) is 25.7 Å². The van der Waals surface area contributed by atoms with Crippen LogP contribution in [0.3, 0.4) is 0 Å². The highest BCUT2D eigenvalue weighted by Gasteiger charge is 2.15. The highest BCUT2D eigenvalue weighted by atomic mass is 79.9. The van der Waals surface area contributed by atoms with Gasteiger partial charge in [-0.3, -0.25) is 4.79 Å². The van der Waals surface area contributed by atoms with Gasteiger partial charge in [-0.15, -0.1) is 0 Å². The summed E-state index contributed by atoms with van der Waals surface area (Å²) in [5, 5.41) is 3.56. The molecule has 1 aromatic carbocycles. The smallest absolute Gasteiger partial charge is 0.252 e. The molecular weight excluding hydrogens is 318 g/mol. The fraction of sp³-hybridized carbons (Fsp3) is 0.462. The summed E-state index contributed by atoms with van der Waals surface area (Å²) in [7, 11) is 1.63. The van der Waals surface area contributed by atoms with Gasteiger partial charge in [0.1, 0.15) is 0 Å². The van der Waals surface area contributed by atoms with Gasteiger partial charge in [0.05, 0.1) is 18.2 Å². The third-order valence-corrected chi connectivity index (χ3v) is 3.41. The summed E-state index contributed by atoms with van der Waals surface area (Å²) in [5.41, 5.74) is 0.580. The van der Waals surface area contributed by atoms with Crippen molar-refractivity contribution in [3.63, 3.8) is 0 Å². The van der Waals surface area contributed by atoms with Gasteiger partial charge in [-0.25, -0.2) is 0 Å². The Hall–Kier alpha value is -0.580. The first kappa shape index (κ1) is 15.5. The monoisotopic (exact) mass is 333 g/mol. The van der Waals surface area contributed by atoms with Crippen molar-refractivity contribution in [2.45, 2.75) is 25.8 Å². The van der Waals surface area contributed by atoms with E-state index in [0.29, 0.717) is 21.7 Å². The van der Waals surface area contributed by atoms with E-state index in [-0.39, 0.29) is 11.9 Å². The normalized spacial score (nSPS) is 12.2. The number of hydrogen-bond acceptors (Lipinski definition) is 2. The fourth-order valence-corrected chi connectivity index (χ4v) is 2.55. The van der Waals surface area contributed by atoms with Crippen molar-refractivity contribution in [1.82, 2.24) is 5.32 Å². The minimum absolute atomic E-state index is 0.0371. The Bertz CT molecular complexity index is 406. The number of methoxy groups -OCH3 is 1. The van der Waals surface area contributed by atoms with Gasteiger partial charge in [-0.05, 0) is 40.5 Å². The Kier molecular flexibility index (Phi) is 6.68. The van der Waals surface area contributed by atoms with E-state index < -0.39 is 0 Å². The van der Waals surface area contributed by atoms with Crippen molar-refractivity contribution < 1.29 is 9.53 Å². The van der Waals surface area contributed by atoms with Crippen LogP contribution < -0.4 is 5.32 Å². The molecule has 1 N–H and O–H groups in total. The second kappa shape index (κ2) is 7.77. The van der Waals surface area contributed by atoms with Crippen LogP contribution >= 0.6 is 27.5 Å². The summed E-state index contributed by atoms with van der Waals surface area (Å²) in [4.78, 5) is 12.1. The first-order valence-electron chi connectivity index (χ1n) is 5.83. The van der Waals surface area contributed by atoms with Gasteiger partial charge in [-0.1, -0.05) is 24.9 Å². The SMILES string of the molecule is CCCC(COC)NC(=O)c1ccc(Cl)cc1Br. The maximum Gasteiger partial charge on any atom is 0.252 e. The average Bonchev–Trinajstić information content (AvgIpc) is 2.29. The van der Waals surface area contributed by atoms with Crippen LogP contribution in [0.4, 0.5) is 0 Å². The number of halogens is 2. The van der Waals surface area contributed by atoms with Crippen molar-refractivity contribution >= 4 is 33.4 Å². The van der Waals surface area contributed by atoms with Gasteiger partial charge in [0.25, 0.3) is 5.91 Å². The molecular formula is C13H17BrClNO2. The topological polar surface area (TPSA) is 38.3 Å². The van der Waals surface area contributed by atoms with Crippen LogP contribution in [-0.2, 0) is 4.74 Å². The Morgan fingerprint density at radius 3 is 2.83 bits per heavy atom. The molecule has 0 heterocycles. The van der Waals surface area contributed by atoms with Gasteiger partial charge < -0.3 is 10.1 Å². The lowest BCUT2D eigenvalue weighted by molar-refractivity contribution is 0.0891. The number of nitrogens with one attached hydrogen (secondary N) is 1. The molecule has 100 valence electrons. The Labute approximate surface area is 121 Å². The number of benzene rings is 1. The zero-order valence-electron chi connectivity index (χ0n) is 10.5. The van der Waals surface area contributed by atoms with E-state index in [4.69, 9.17) is 16.3 Å². The Balaban J connectivity index is 2.73. The highest BCUT2D eigenvalue weighted by molar-refractivity contribution is 9.10. The fourth-order valence-electron chi connectivity index (χ4n) is 1.68. The van der Waals surface area contributed by atoms with E-state index in [1.165, 1.54) is 0 Å². The molecule has 0 aliphatic heterocycles. The molecule has 0 aliphatic rings. The Morgan fingerprint density at radius 1 is 1.56 bits per heavy atom. The van der Waals surface area contributed by atoms with Crippen LogP contribution in [0, 0.1) is 0 Å². The summed E-state index contributed by atoms with van der Waals surface area (Å²) in [6, 6.07) is 5.15. The van der Waals surface area contributed by atoms with Crippen molar-refractivity contribution in [2.75, 3.05) is 13.7 Å². The summed E-state index contributed by atoms with van der Waals surface area (Å²) >= 11 is 9.18. The third-order valence-electron chi connectivity index (χ3n) is 2.52. The van der Waals surface area contributed by atoms with E-state index in [2.05, 4.69) is 28.2 Å². The molecule has 1 unspecified atom stereocenters. The molecule has 0 spiro atoms. The molecule has 0 saturated carbocycles. The molecule has 3 nitrogen and oxygen atoms in total. The number of carbonyl (C=O) groups excluding carboxylic acids is 1.